The van der Waals surface area contributed by atoms with Gasteiger partial charge in [0.05, 0.1) is 0 Å². The molecule has 0 unspecified atom stereocenters. The van der Waals surface area contributed by atoms with Crippen molar-refractivity contribution in [1.29, 1.82) is 0 Å². The van der Waals surface area contributed by atoms with Crippen LogP contribution in [0.15, 0.2) is 30.3 Å². The second-order valence-electron chi connectivity index (χ2n) is 3.72. The molecule has 0 bridgehead atoms. The van der Waals surface area contributed by atoms with Gasteiger partial charge in [-0.1, -0.05) is 37.3 Å². The van der Waals surface area contributed by atoms with E-state index >= 15 is 0 Å². The Balaban J connectivity index is 2.91. The Morgan fingerprint density at radius 2 is 2.00 bits per heavy atom. The molecule has 0 fully saturated rings. The molecular formula is C14H18O2. The van der Waals surface area contributed by atoms with Crippen LogP contribution in [0.5, 0.6) is 0 Å². The zero-order valence-electron chi connectivity index (χ0n) is 9.86. The Labute approximate surface area is 96.6 Å². The van der Waals surface area contributed by atoms with E-state index in [0.29, 0.717) is 6.42 Å². The van der Waals surface area contributed by atoms with Gasteiger partial charge in [0.25, 0.3) is 0 Å². The van der Waals surface area contributed by atoms with Gasteiger partial charge in [-0.15, -0.1) is 0 Å². The molecule has 0 atom stereocenters. The lowest BCUT2D eigenvalue weighted by Gasteiger charge is -2.10. The predicted molar refractivity (Wildman–Crippen MR) is 66.3 cm³/mol. The summed E-state index contributed by atoms with van der Waals surface area (Å²) in [5.41, 5.74) is 3.59. The van der Waals surface area contributed by atoms with Crippen LogP contribution < -0.4 is 0 Å². The molecule has 0 heterocycles. The van der Waals surface area contributed by atoms with E-state index in [9.17, 15) is 4.79 Å². The van der Waals surface area contributed by atoms with Gasteiger partial charge in [-0.25, -0.2) is 0 Å². The van der Waals surface area contributed by atoms with Crippen LogP contribution >= 0.6 is 0 Å². The molecule has 1 aromatic carbocycles. The smallest absolute Gasteiger partial charge is 0.303 e. The van der Waals surface area contributed by atoms with E-state index in [1.165, 1.54) is 11.1 Å². The molecule has 0 aliphatic carbocycles. The van der Waals surface area contributed by atoms with Crippen LogP contribution in [-0.4, -0.2) is 11.1 Å². The highest BCUT2D eigenvalue weighted by Gasteiger charge is 2.07. The lowest BCUT2D eigenvalue weighted by molar-refractivity contribution is -0.136. The molecule has 0 aliphatic rings. The minimum absolute atomic E-state index is 0.192. The molecule has 16 heavy (non-hydrogen) atoms. The lowest BCUT2D eigenvalue weighted by atomic mass is 9.95. The Morgan fingerprint density at radius 1 is 1.31 bits per heavy atom. The number of rotatable bonds is 5. The summed E-state index contributed by atoms with van der Waals surface area (Å²) in [6.45, 7) is 4.08. The van der Waals surface area contributed by atoms with Gasteiger partial charge in [-0.05, 0) is 36.5 Å². The molecular weight excluding hydrogens is 200 g/mol. The van der Waals surface area contributed by atoms with Crippen molar-refractivity contribution in [3.63, 3.8) is 0 Å². The molecule has 0 amide bonds. The van der Waals surface area contributed by atoms with Gasteiger partial charge in [-0.2, -0.15) is 0 Å². The second kappa shape index (κ2) is 6.11. The minimum Gasteiger partial charge on any atom is -0.481 e. The summed E-state index contributed by atoms with van der Waals surface area (Å²) in [5, 5.41) is 8.70. The summed E-state index contributed by atoms with van der Waals surface area (Å²) in [6.07, 6.45) is 3.78. The molecule has 1 rings (SSSR count). The third kappa shape index (κ3) is 3.23. The van der Waals surface area contributed by atoms with Crippen molar-refractivity contribution in [2.24, 2.45) is 0 Å². The fourth-order valence-corrected chi connectivity index (χ4v) is 1.82. The number of benzene rings is 1. The van der Waals surface area contributed by atoms with E-state index in [0.717, 1.165) is 12.0 Å². The summed E-state index contributed by atoms with van der Waals surface area (Å²) >= 11 is 0. The Morgan fingerprint density at radius 3 is 2.56 bits per heavy atom. The van der Waals surface area contributed by atoms with Crippen molar-refractivity contribution >= 4 is 11.5 Å². The van der Waals surface area contributed by atoms with E-state index in [1.54, 1.807) is 0 Å². The average molecular weight is 218 g/mol. The Hall–Kier alpha value is -1.57. The van der Waals surface area contributed by atoms with E-state index in [-0.39, 0.29) is 6.42 Å². The number of carboxylic acid groups (broad SMARTS) is 1. The zero-order chi connectivity index (χ0) is 12.0. The molecule has 1 N–H and O–H groups in total. The lowest BCUT2D eigenvalue weighted by Crippen LogP contribution is -1.97. The van der Waals surface area contributed by atoms with Crippen molar-refractivity contribution in [3.05, 3.63) is 41.5 Å². The molecule has 0 aromatic heterocycles. The quantitative estimate of drug-likeness (QED) is 0.821. The summed E-state index contributed by atoms with van der Waals surface area (Å²) in [4.78, 5) is 10.6. The van der Waals surface area contributed by atoms with Gasteiger partial charge in [-0.3, -0.25) is 4.79 Å². The normalized spacial score (nSPS) is 11.5. The maximum Gasteiger partial charge on any atom is 0.303 e. The van der Waals surface area contributed by atoms with E-state index in [1.807, 2.05) is 25.1 Å². The fourth-order valence-electron chi connectivity index (χ4n) is 1.82. The third-order valence-corrected chi connectivity index (χ3v) is 2.70. The first kappa shape index (κ1) is 12.5. The first-order valence-corrected chi connectivity index (χ1v) is 5.64. The molecule has 0 saturated heterocycles. The van der Waals surface area contributed by atoms with Gasteiger partial charge in [0.15, 0.2) is 0 Å². The predicted octanol–water partition coefficient (Wildman–Crippen LogP) is 3.52. The number of aryl methyl sites for hydroxylation is 1. The number of aliphatic carboxylic acids is 1. The summed E-state index contributed by atoms with van der Waals surface area (Å²) in [5.74, 6) is -0.742. The van der Waals surface area contributed by atoms with Gasteiger partial charge in [0.1, 0.15) is 0 Å². The number of hydrogen-bond donors (Lipinski definition) is 1. The van der Waals surface area contributed by atoms with E-state index in [2.05, 4.69) is 19.1 Å². The maximum absolute atomic E-state index is 10.6. The fraction of sp³-hybridized carbons (Fsp3) is 0.357. The molecule has 2 nitrogen and oxygen atoms in total. The largest absolute Gasteiger partial charge is 0.481 e. The number of carbonyl (C=O) groups is 1. The standard InChI is InChI=1S/C14H18O2/c1-3-11-7-5-6-8-13(11)12(4-2)9-10-14(15)16/h4-8H,3,9-10H2,1-2H3,(H,15,16)/b12-4-. The first-order chi connectivity index (χ1) is 7.69. The summed E-state index contributed by atoms with van der Waals surface area (Å²) in [6, 6.07) is 8.18. The SMILES string of the molecule is C/C=C(/CCC(=O)O)c1ccccc1CC. The van der Waals surface area contributed by atoms with Gasteiger partial charge < -0.3 is 5.11 Å². The van der Waals surface area contributed by atoms with Crippen LogP contribution in [0.3, 0.4) is 0 Å². The summed E-state index contributed by atoms with van der Waals surface area (Å²) < 4.78 is 0. The van der Waals surface area contributed by atoms with Gasteiger partial charge >= 0.3 is 5.97 Å². The maximum atomic E-state index is 10.6. The number of hydrogen-bond acceptors (Lipinski definition) is 1. The van der Waals surface area contributed by atoms with E-state index in [4.69, 9.17) is 5.11 Å². The first-order valence-electron chi connectivity index (χ1n) is 5.64. The molecule has 86 valence electrons. The molecule has 0 saturated carbocycles. The van der Waals surface area contributed by atoms with Crippen molar-refractivity contribution in [1.82, 2.24) is 0 Å². The summed E-state index contributed by atoms with van der Waals surface area (Å²) in [7, 11) is 0. The highest BCUT2D eigenvalue weighted by Crippen LogP contribution is 2.23. The third-order valence-electron chi connectivity index (χ3n) is 2.70. The van der Waals surface area contributed by atoms with Crippen LogP contribution in [0, 0.1) is 0 Å². The van der Waals surface area contributed by atoms with Crippen molar-refractivity contribution in [3.8, 4) is 0 Å². The van der Waals surface area contributed by atoms with Crippen LogP contribution in [0.2, 0.25) is 0 Å². The molecule has 0 radical (unpaired) electrons. The van der Waals surface area contributed by atoms with Crippen molar-refractivity contribution in [2.75, 3.05) is 0 Å². The topological polar surface area (TPSA) is 37.3 Å². The second-order valence-corrected chi connectivity index (χ2v) is 3.72. The van der Waals surface area contributed by atoms with E-state index < -0.39 is 5.97 Å². The number of allylic oxidation sites excluding steroid dienone is 2. The molecule has 0 spiro atoms. The monoisotopic (exact) mass is 218 g/mol. The minimum atomic E-state index is -0.742. The Bertz CT molecular complexity index is 391. The van der Waals surface area contributed by atoms with Crippen molar-refractivity contribution < 1.29 is 9.90 Å². The number of carboxylic acids is 1. The molecule has 1 aromatic rings. The van der Waals surface area contributed by atoms with Gasteiger partial charge in [0, 0.05) is 6.42 Å². The van der Waals surface area contributed by atoms with Crippen LogP contribution in [0.1, 0.15) is 37.8 Å². The van der Waals surface area contributed by atoms with Crippen LogP contribution in [0.25, 0.3) is 5.57 Å². The highest BCUT2D eigenvalue weighted by molar-refractivity contribution is 5.74. The highest BCUT2D eigenvalue weighted by atomic mass is 16.4. The van der Waals surface area contributed by atoms with Gasteiger partial charge in [0.2, 0.25) is 0 Å². The zero-order valence-corrected chi connectivity index (χ0v) is 9.86. The average Bonchev–Trinajstić information content (AvgIpc) is 2.30. The van der Waals surface area contributed by atoms with Crippen LogP contribution in [-0.2, 0) is 11.2 Å². The molecule has 2 heteroatoms. The Kier molecular flexibility index (Phi) is 4.77. The molecule has 0 aliphatic heterocycles. The van der Waals surface area contributed by atoms with Crippen LogP contribution in [0.4, 0.5) is 0 Å². The van der Waals surface area contributed by atoms with Crippen molar-refractivity contribution in [2.45, 2.75) is 33.1 Å².